The average Bonchev–Trinajstić information content (AvgIpc) is 2.52. The van der Waals surface area contributed by atoms with E-state index in [9.17, 15) is 4.79 Å². The standard InChI is InChI=1S/C18H28BrNO/c1-2-3-4-5-6-7-8-9-18(21)20-15-17-12-10-16(14-19)11-13-17/h10-13H,2-9,14-15H2,1H3,(H,20,21). The van der Waals surface area contributed by atoms with E-state index >= 15 is 0 Å². The molecule has 1 amide bonds. The van der Waals surface area contributed by atoms with Crippen molar-refractivity contribution in [1.29, 1.82) is 0 Å². The highest BCUT2D eigenvalue weighted by atomic mass is 79.9. The van der Waals surface area contributed by atoms with Gasteiger partial charge in [-0.3, -0.25) is 4.79 Å². The van der Waals surface area contributed by atoms with Crippen molar-refractivity contribution in [3.63, 3.8) is 0 Å². The third kappa shape index (κ3) is 8.92. The van der Waals surface area contributed by atoms with Crippen molar-refractivity contribution < 1.29 is 4.79 Å². The number of nitrogens with one attached hydrogen (secondary N) is 1. The van der Waals surface area contributed by atoms with Crippen LogP contribution in [-0.4, -0.2) is 5.91 Å². The first-order chi connectivity index (χ1) is 10.3. The molecule has 0 fully saturated rings. The number of carbonyl (C=O) groups is 1. The molecule has 0 aliphatic rings. The lowest BCUT2D eigenvalue weighted by Gasteiger charge is -2.06. The highest BCUT2D eigenvalue weighted by molar-refractivity contribution is 9.08. The molecule has 118 valence electrons. The summed E-state index contributed by atoms with van der Waals surface area (Å²) < 4.78 is 0. The number of unbranched alkanes of at least 4 members (excludes halogenated alkanes) is 6. The number of alkyl halides is 1. The maximum absolute atomic E-state index is 11.8. The van der Waals surface area contributed by atoms with Crippen molar-refractivity contribution in [1.82, 2.24) is 5.32 Å². The van der Waals surface area contributed by atoms with Crippen molar-refractivity contribution in [3.8, 4) is 0 Å². The molecule has 1 aromatic rings. The molecule has 0 aliphatic carbocycles. The van der Waals surface area contributed by atoms with E-state index in [0.29, 0.717) is 13.0 Å². The van der Waals surface area contributed by atoms with Gasteiger partial charge in [0.2, 0.25) is 5.91 Å². The van der Waals surface area contributed by atoms with E-state index in [2.05, 4.69) is 52.4 Å². The van der Waals surface area contributed by atoms with Crippen LogP contribution < -0.4 is 5.32 Å². The van der Waals surface area contributed by atoms with Gasteiger partial charge in [-0.15, -0.1) is 0 Å². The average molecular weight is 354 g/mol. The minimum Gasteiger partial charge on any atom is -0.352 e. The van der Waals surface area contributed by atoms with E-state index in [1.54, 1.807) is 0 Å². The van der Waals surface area contributed by atoms with Crippen molar-refractivity contribution in [3.05, 3.63) is 35.4 Å². The normalized spacial score (nSPS) is 10.6. The summed E-state index contributed by atoms with van der Waals surface area (Å²) in [6.45, 7) is 2.87. The maximum atomic E-state index is 11.8. The van der Waals surface area contributed by atoms with Crippen LogP contribution in [0.2, 0.25) is 0 Å². The molecule has 21 heavy (non-hydrogen) atoms. The molecule has 0 atom stereocenters. The lowest BCUT2D eigenvalue weighted by Crippen LogP contribution is -2.22. The lowest BCUT2D eigenvalue weighted by atomic mass is 10.1. The Kier molecular flexibility index (Phi) is 10.2. The lowest BCUT2D eigenvalue weighted by molar-refractivity contribution is -0.121. The van der Waals surface area contributed by atoms with Gasteiger partial charge < -0.3 is 5.32 Å². The van der Waals surface area contributed by atoms with Crippen molar-refractivity contribution in [2.75, 3.05) is 0 Å². The SMILES string of the molecule is CCCCCCCCCC(=O)NCc1ccc(CBr)cc1. The first kappa shape index (κ1) is 18.2. The smallest absolute Gasteiger partial charge is 0.220 e. The molecule has 0 radical (unpaired) electrons. The summed E-state index contributed by atoms with van der Waals surface area (Å²) >= 11 is 3.43. The summed E-state index contributed by atoms with van der Waals surface area (Å²) in [5.41, 5.74) is 2.42. The van der Waals surface area contributed by atoms with Crippen LogP contribution >= 0.6 is 15.9 Å². The highest BCUT2D eigenvalue weighted by Crippen LogP contribution is 2.09. The van der Waals surface area contributed by atoms with Gasteiger partial charge in [-0.2, -0.15) is 0 Å². The van der Waals surface area contributed by atoms with Gasteiger partial charge in [0.25, 0.3) is 0 Å². The fourth-order valence-electron chi connectivity index (χ4n) is 2.28. The van der Waals surface area contributed by atoms with E-state index < -0.39 is 0 Å². The van der Waals surface area contributed by atoms with Crippen LogP contribution in [0.1, 0.15) is 69.4 Å². The zero-order valence-corrected chi connectivity index (χ0v) is 14.8. The van der Waals surface area contributed by atoms with Crippen LogP contribution in [0.4, 0.5) is 0 Å². The number of amides is 1. The predicted molar refractivity (Wildman–Crippen MR) is 93.5 cm³/mol. The molecule has 2 nitrogen and oxygen atoms in total. The second-order valence-corrected chi connectivity index (χ2v) is 6.16. The molecule has 0 heterocycles. The predicted octanol–water partition coefficient (Wildman–Crippen LogP) is 5.34. The van der Waals surface area contributed by atoms with Crippen LogP contribution in [-0.2, 0) is 16.7 Å². The fourth-order valence-corrected chi connectivity index (χ4v) is 2.65. The van der Waals surface area contributed by atoms with Crippen molar-refractivity contribution in [2.24, 2.45) is 0 Å². The summed E-state index contributed by atoms with van der Waals surface area (Å²) in [5.74, 6) is 0.174. The first-order valence-corrected chi connectivity index (χ1v) is 9.29. The first-order valence-electron chi connectivity index (χ1n) is 8.16. The Bertz CT molecular complexity index is 389. The molecule has 0 saturated carbocycles. The van der Waals surface area contributed by atoms with Gasteiger partial charge in [0.05, 0.1) is 0 Å². The zero-order valence-electron chi connectivity index (χ0n) is 13.2. The Morgan fingerprint density at radius 2 is 1.52 bits per heavy atom. The summed E-state index contributed by atoms with van der Waals surface area (Å²) in [4.78, 5) is 11.8. The molecule has 0 aliphatic heterocycles. The van der Waals surface area contributed by atoms with E-state index in [4.69, 9.17) is 0 Å². The van der Waals surface area contributed by atoms with E-state index in [-0.39, 0.29) is 5.91 Å². The van der Waals surface area contributed by atoms with Gasteiger partial charge in [-0.25, -0.2) is 0 Å². The molecule has 1 aromatic carbocycles. The summed E-state index contributed by atoms with van der Waals surface area (Å²) in [7, 11) is 0. The summed E-state index contributed by atoms with van der Waals surface area (Å²) in [6.07, 6.45) is 9.40. The van der Waals surface area contributed by atoms with Gasteiger partial charge >= 0.3 is 0 Å². The Morgan fingerprint density at radius 3 is 2.14 bits per heavy atom. The van der Waals surface area contributed by atoms with Crippen molar-refractivity contribution in [2.45, 2.75) is 70.2 Å². The topological polar surface area (TPSA) is 29.1 Å². The number of hydrogen-bond donors (Lipinski definition) is 1. The minimum absolute atomic E-state index is 0.174. The zero-order chi connectivity index (χ0) is 15.3. The van der Waals surface area contributed by atoms with Gasteiger partial charge in [-0.05, 0) is 17.5 Å². The highest BCUT2D eigenvalue weighted by Gasteiger charge is 2.01. The Morgan fingerprint density at radius 1 is 0.952 bits per heavy atom. The third-order valence-electron chi connectivity index (χ3n) is 3.67. The van der Waals surface area contributed by atoms with E-state index in [1.807, 2.05) is 0 Å². The molecule has 1 N–H and O–H groups in total. The van der Waals surface area contributed by atoms with Crippen LogP contribution in [0.25, 0.3) is 0 Å². The monoisotopic (exact) mass is 353 g/mol. The molecule has 0 spiro atoms. The summed E-state index contributed by atoms with van der Waals surface area (Å²) in [5, 5.41) is 3.87. The van der Waals surface area contributed by atoms with Crippen molar-refractivity contribution >= 4 is 21.8 Å². The number of carbonyl (C=O) groups excluding carboxylic acids is 1. The van der Waals surface area contributed by atoms with Crippen LogP contribution in [0.3, 0.4) is 0 Å². The Hall–Kier alpha value is -0.830. The minimum atomic E-state index is 0.174. The molecular weight excluding hydrogens is 326 g/mol. The molecule has 0 bridgehead atoms. The number of benzene rings is 1. The van der Waals surface area contributed by atoms with Gasteiger partial charge in [-0.1, -0.05) is 85.6 Å². The molecule has 0 aromatic heterocycles. The largest absolute Gasteiger partial charge is 0.352 e. The fraction of sp³-hybridized carbons (Fsp3) is 0.611. The van der Waals surface area contributed by atoms with Crippen LogP contribution in [0.15, 0.2) is 24.3 Å². The number of halogens is 1. The van der Waals surface area contributed by atoms with Gasteiger partial charge in [0, 0.05) is 18.3 Å². The molecular formula is C18H28BrNO. The second-order valence-electron chi connectivity index (χ2n) is 5.60. The summed E-state index contributed by atoms with van der Waals surface area (Å²) in [6, 6.07) is 8.33. The van der Waals surface area contributed by atoms with Gasteiger partial charge in [0.15, 0.2) is 0 Å². The third-order valence-corrected chi connectivity index (χ3v) is 4.32. The maximum Gasteiger partial charge on any atom is 0.220 e. The Labute approximate surface area is 137 Å². The van der Waals surface area contributed by atoms with Gasteiger partial charge in [0.1, 0.15) is 0 Å². The van der Waals surface area contributed by atoms with E-state index in [0.717, 1.165) is 17.3 Å². The second kappa shape index (κ2) is 11.8. The molecule has 0 unspecified atom stereocenters. The number of rotatable bonds is 11. The quantitative estimate of drug-likeness (QED) is 0.422. The Balaban J connectivity index is 2.05. The molecule has 3 heteroatoms. The van der Waals surface area contributed by atoms with Crippen LogP contribution in [0, 0.1) is 0 Å². The molecule has 1 rings (SSSR count). The van der Waals surface area contributed by atoms with E-state index in [1.165, 1.54) is 44.1 Å². The number of hydrogen-bond acceptors (Lipinski definition) is 1. The van der Waals surface area contributed by atoms with Crippen LogP contribution in [0.5, 0.6) is 0 Å². The molecule has 0 saturated heterocycles.